The molecule has 0 spiro atoms. The van der Waals surface area contributed by atoms with Crippen molar-refractivity contribution >= 4 is 22.5 Å². The quantitative estimate of drug-likeness (QED) is 0.552. The zero-order valence-electron chi connectivity index (χ0n) is 15.0. The Labute approximate surface area is 157 Å². The molecule has 0 radical (unpaired) electrons. The van der Waals surface area contributed by atoms with Gasteiger partial charge in [-0.15, -0.1) is 5.10 Å². The Morgan fingerprint density at radius 2 is 1.85 bits per heavy atom. The number of rotatable bonds is 5. The van der Waals surface area contributed by atoms with Crippen LogP contribution in [0.25, 0.3) is 16.7 Å². The van der Waals surface area contributed by atoms with Crippen molar-refractivity contribution in [2.24, 2.45) is 0 Å². The molecule has 4 aromatic rings. The molecule has 0 atom stereocenters. The van der Waals surface area contributed by atoms with E-state index in [2.05, 4.69) is 50.0 Å². The molecule has 0 saturated heterocycles. The predicted molar refractivity (Wildman–Crippen MR) is 105 cm³/mol. The Balaban J connectivity index is 1.24. The monoisotopic (exact) mass is 359 g/mol. The molecule has 2 aromatic heterocycles. The van der Waals surface area contributed by atoms with Crippen LogP contribution in [0.3, 0.4) is 0 Å². The van der Waals surface area contributed by atoms with E-state index >= 15 is 0 Å². The SMILES string of the molecule is c1ccc2c(c1)CCN(CCCNc1nc3ccccc3n3nnnc13)C2. The summed E-state index contributed by atoms with van der Waals surface area (Å²) >= 11 is 0. The summed E-state index contributed by atoms with van der Waals surface area (Å²) in [4.78, 5) is 7.22. The van der Waals surface area contributed by atoms with Gasteiger partial charge in [0.1, 0.15) is 0 Å². The fraction of sp³-hybridized carbons (Fsp3) is 0.300. The smallest absolute Gasteiger partial charge is 0.222 e. The minimum Gasteiger partial charge on any atom is -0.367 e. The van der Waals surface area contributed by atoms with Gasteiger partial charge < -0.3 is 5.32 Å². The Morgan fingerprint density at radius 3 is 2.81 bits per heavy atom. The first-order valence-electron chi connectivity index (χ1n) is 9.38. The fourth-order valence-electron chi connectivity index (χ4n) is 3.78. The Bertz CT molecular complexity index is 1090. The first kappa shape index (κ1) is 16.1. The van der Waals surface area contributed by atoms with Crippen LogP contribution in [0.4, 0.5) is 5.82 Å². The molecule has 3 heterocycles. The summed E-state index contributed by atoms with van der Waals surface area (Å²) in [7, 11) is 0. The van der Waals surface area contributed by atoms with Gasteiger partial charge in [-0.3, -0.25) is 4.90 Å². The molecule has 5 rings (SSSR count). The van der Waals surface area contributed by atoms with Crippen molar-refractivity contribution in [2.45, 2.75) is 19.4 Å². The lowest BCUT2D eigenvalue weighted by Gasteiger charge is -2.28. The zero-order valence-corrected chi connectivity index (χ0v) is 15.0. The van der Waals surface area contributed by atoms with Crippen LogP contribution in [-0.4, -0.2) is 49.6 Å². The van der Waals surface area contributed by atoms with Crippen molar-refractivity contribution in [1.29, 1.82) is 0 Å². The molecule has 7 nitrogen and oxygen atoms in total. The van der Waals surface area contributed by atoms with Gasteiger partial charge in [-0.2, -0.15) is 4.52 Å². The van der Waals surface area contributed by atoms with E-state index in [4.69, 9.17) is 4.98 Å². The zero-order chi connectivity index (χ0) is 18.1. The number of nitrogens with zero attached hydrogens (tertiary/aromatic N) is 6. The van der Waals surface area contributed by atoms with Crippen molar-refractivity contribution in [3.8, 4) is 0 Å². The first-order chi connectivity index (χ1) is 13.4. The highest BCUT2D eigenvalue weighted by Crippen LogP contribution is 2.20. The van der Waals surface area contributed by atoms with Gasteiger partial charge in [-0.05, 0) is 46.5 Å². The summed E-state index contributed by atoms with van der Waals surface area (Å²) in [5, 5.41) is 15.5. The van der Waals surface area contributed by atoms with Crippen LogP contribution in [-0.2, 0) is 13.0 Å². The van der Waals surface area contributed by atoms with Crippen molar-refractivity contribution in [3.63, 3.8) is 0 Å². The van der Waals surface area contributed by atoms with E-state index in [-0.39, 0.29) is 0 Å². The van der Waals surface area contributed by atoms with E-state index in [0.29, 0.717) is 5.65 Å². The minimum absolute atomic E-state index is 0.667. The van der Waals surface area contributed by atoms with E-state index in [0.717, 1.165) is 55.9 Å². The third-order valence-corrected chi connectivity index (χ3v) is 5.18. The molecule has 0 bridgehead atoms. The van der Waals surface area contributed by atoms with Gasteiger partial charge >= 0.3 is 0 Å². The second kappa shape index (κ2) is 6.92. The van der Waals surface area contributed by atoms with Crippen molar-refractivity contribution in [2.75, 3.05) is 25.0 Å². The highest BCUT2D eigenvalue weighted by molar-refractivity contribution is 5.81. The topological polar surface area (TPSA) is 71.2 Å². The van der Waals surface area contributed by atoms with Gasteiger partial charge in [0.15, 0.2) is 5.82 Å². The van der Waals surface area contributed by atoms with E-state index in [1.165, 1.54) is 11.1 Å². The maximum absolute atomic E-state index is 4.70. The number of fused-ring (bicyclic) bond motifs is 4. The summed E-state index contributed by atoms with van der Waals surface area (Å²) in [5.41, 5.74) is 5.42. The lowest BCUT2D eigenvalue weighted by Crippen LogP contribution is -2.32. The first-order valence-corrected chi connectivity index (χ1v) is 9.38. The molecule has 0 unspecified atom stereocenters. The van der Waals surface area contributed by atoms with Crippen LogP contribution in [0.1, 0.15) is 17.5 Å². The van der Waals surface area contributed by atoms with Gasteiger partial charge in [0.2, 0.25) is 5.65 Å². The minimum atomic E-state index is 0.667. The molecule has 136 valence electrons. The van der Waals surface area contributed by atoms with Crippen LogP contribution in [0.15, 0.2) is 48.5 Å². The Morgan fingerprint density at radius 1 is 1.00 bits per heavy atom. The third-order valence-electron chi connectivity index (χ3n) is 5.18. The lowest BCUT2D eigenvalue weighted by molar-refractivity contribution is 0.253. The number of hydrogen-bond acceptors (Lipinski definition) is 6. The molecule has 0 aliphatic carbocycles. The summed E-state index contributed by atoms with van der Waals surface area (Å²) in [6.07, 6.45) is 2.19. The summed E-state index contributed by atoms with van der Waals surface area (Å²) in [6, 6.07) is 16.7. The average Bonchev–Trinajstić information content (AvgIpc) is 3.21. The lowest BCUT2D eigenvalue weighted by atomic mass is 10.00. The van der Waals surface area contributed by atoms with Crippen molar-refractivity contribution in [3.05, 3.63) is 59.7 Å². The van der Waals surface area contributed by atoms with Gasteiger partial charge in [0, 0.05) is 26.2 Å². The Kier molecular flexibility index (Phi) is 4.14. The fourth-order valence-corrected chi connectivity index (χ4v) is 3.78. The predicted octanol–water partition coefficient (Wildman–Crippen LogP) is 2.53. The molecule has 27 heavy (non-hydrogen) atoms. The maximum atomic E-state index is 4.70. The molecule has 1 N–H and O–H groups in total. The highest BCUT2D eigenvalue weighted by Gasteiger charge is 2.15. The molecule has 0 fully saturated rings. The van der Waals surface area contributed by atoms with Gasteiger partial charge in [-0.1, -0.05) is 36.4 Å². The number of nitrogens with one attached hydrogen (secondary N) is 1. The van der Waals surface area contributed by atoms with Gasteiger partial charge in [0.05, 0.1) is 11.0 Å². The molecular weight excluding hydrogens is 338 g/mol. The van der Waals surface area contributed by atoms with E-state index < -0.39 is 0 Å². The van der Waals surface area contributed by atoms with Gasteiger partial charge in [-0.25, -0.2) is 4.98 Å². The summed E-state index contributed by atoms with van der Waals surface area (Å²) < 4.78 is 1.74. The number of hydrogen-bond donors (Lipinski definition) is 1. The summed E-state index contributed by atoms with van der Waals surface area (Å²) in [5.74, 6) is 0.739. The second-order valence-electron chi connectivity index (χ2n) is 6.94. The number of tetrazole rings is 1. The van der Waals surface area contributed by atoms with Crippen molar-refractivity contribution in [1.82, 2.24) is 29.9 Å². The highest BCUT2D eigenvalue weighted by atomic mass is 15.5. The van der Waals surface area contributed by atoms with E-state index in [9.17, 15) is 0 Å². The van der Waals surface area contributed by atoms with Crippen molar-refractivity contribution < 1.29 is 0 Å². The van der Waals surface area contributed by atoms with Crippen LogP contribution in [0, 0.1) is 0 Å². The second-order valence-corrected chi connectivity index (χ2v) is 6.94. The number of anilines is 1. The number of benzene rings is 2. The molecule has 0 amide bonds. The Hall–Kier alpha value is -3.06. The largest absolute Gasteiger partial charge is 0.367 e. The summed E-state index contributed by atoms with van der Waals surface area (Å²) in [6.45, 7) is 4.08. The molecule has 1 aliphatic rings. The molecule has 1 aliphatic heterocycles. The van der Waals surface area contributed by atoms with Crippen LogP contribution in [0.5, 0.6) is 0 Å². The standard InChI is InChI=1S/C20H21N7/c1-2-7-16-14-26(13-10-15(16)6-1)12-5-11-21-19-20-23-24-25-27(20)18-9-4-3-8-17(18)22-19/h1-4,6-9H,5,10-14H2,(H,21,22). The van der Waals surface area contributed by atoms with Gasteiger partial charge in [0.25, 0.3) is 0 Å². The number of para-hydroxylation sites is 2. The normalized spacial score (nSPS) is 14.5. The molecule has 0 saturated carbocycles. The number of aromatic nitrogens is 5. The van der Waals surface area contributed by atoms with Crippen LogP contribution >= 0.6 is 0 Å². The average molecular weight is 359 g/mol. The molecule has 7 heteroatoms. The van der Waals surface area contributed by atoms with E-state index in [1.54, 1.807) is 4.52 Å². The third kappa shape index (κ3) is 3.10. The van der Waals surface area contributed by atoms with Crippen LogP contribution < -0.4 is 5.32 Å². The maximum Gasteiger partial charge on any atom is 0.222 e. The van der Waals surface area contributed by atoms with E-state index in [1.807, 2.05) is 24.3 Å². The molecule has 2 aromatic carbocycles. The molecular formula is C20H21N7. The van der Waals surface area contributed by atoms with Crippen LogP contribution in [0.2, 0.25) is 0 Å².